The molecule has 8 rings (SSSR count). The number of nitrogens with one attached hydrogen (secondary N) is 4. The standard InChI is InChI=1S/C47H47N9O6/c1-27(2)40(53-46(59)60)44(57)56-26-28(23-48)20-39(56)43-50-25-37(52-43)35-18-17-33-21-32(15-16-34(33)22-35)29-11-13-30(14-12-29)36-24-49-42(51-36)38-10-7-19-55(38)45(58)41(54-47(61)62-3)31-8-5-4-6-9-31/h4-6,8-9,11-18,21-22,24-25,27-28,38-41,53H,7,10,19-20,26H2,1-3H3,(H,49,51)(H,50,52)(H,54,61)(H,59,60)/t28-,38+,39+,40+,41-/m1/s1. The molecule has 0 spiro atoms. The molecular weight excluding hydrogens is 787 g/mol. The summed E-state index contributed by atoms with van der Waals surface area (Å²) in [5, 5.41) is 26.2. The van der Waals surface area contributed by atoms with E-state index in [4.69, 9.17) is 9.72 Å². The van der Waals surface area contributed by atoms with E-state index in [1.165, 1.54) is 7.11 Å². The Morgan fingerprint density at radius 1 is 0.790 bits per heavy atom. The van der Waals surface area contributed by atoms with Crippen LogP contribution in [-0.4, -0.2) is 85.1 Å². The van der Waals surface area contributed by atoms with Crippen molar-refractivity contribution >= 4 is 34.8 Å². The smallest absolute Gasteiger partial charge is 0.407 e. The predicted octanol–water partition coefficient (Wildman–Crippen LogP) is 7.75. The molecule has 6 aromatic rings. The molecule has 2 aliphatic rings. The van der Waals surface area contributed by atoms with Crippen molar-refractivity contribution in [1.29, 1.82) is 5.26 Å². The Morgan fingerprint density at radius 3 is 2.05 bits per heavy atom. The molecule has 0 aliphatic carbocycles. The molecule has 0 bridgehead atoms. The lowest BCUT2D eigenvalue weighted by atomic mass is 9.98. The lowest BCUT2D eigenvalue weighted by molar-refractivity contribution is -0.136. The Morgan fingerprint density at radius 2 is 1.40 bits per heavy atom. The predicted molar refractivity (Wildman–Crippen MR) is 231 cm³/mol. The molecule has 15 nitrogen and oxygen atoms in total. The summed E-state index contributed by atoms with van der Waals surface area (Å²) in [5.41, 5.74) is 6.22. The van der Waals surface area contributed by atoms with Crippen LogP contribution in [0.25, 0.3) is 44.4 Å². The summed E-state index contributed by atoms with van der Waals surface area (Å²) in [6, 6.07) is 29.5. The van der Waals surface area contributed by atoms with Gasteiger partial charge in [0.15, 0.2) is 0 Å². The molecule has 316 valence electrons. The van der Waals surface area contributed by atoms with E-state index in [1.54, 1.807) is 36.0 Å². The molecular formula is C47H47N9O6. The summed E-state index contributed by atoms with van der Waals surface area (Å²) in [7, 11) is 1.27. The zero-order valence-corrected chi connectivity index (χ0v) is 34.5. The summed E-state index contributed by atoms with van der Waals surface area (Å²) in [5.74, 6) is -0.0396. The highest BCUT2D eigenvalue weighted by molar-refractivity contribution is 5.91. The van der Waals surface area contributed by atoms with Crippen LogP contribution in [0, 0.1) is 23.2 Å². The minimum atomic E-state index is -1.28. The van der Waals surface area contributed by atoms with Gasteiger partial charge in [0.1, 0.15) is 23.7 Å². The lowest BCUT2D eigenvalue weighted by Gasteiger charge is -2.29. The average molecular weight is 834 g/mol. The number of amides is 4. The number of carboxylic acid groups (broad SMARTS) is 1. The number of hydrogen-bond acceptors (Lipinski definition) is 8. The molecule has 2 aliphatic heterocycles. The number of benzene rings is 4. The molecule has 2 saturated heterocycles. The number of rotatable bonds is 11. The van der Waals surface area contributed by atoms with Gasteiger partial charge in [-0.05, 0) is 70.3 Å². The second-order valence-electron chi connectivity index (χ2n) is 16.1. The average Bonchev–Trinajstić information content (AvgIpc) is 4.14. The van der Waals surface area contributed by atoms with Crippen LogP contribution in [0.2, 0.25) is 0 Å². The normalized spacial score (nSPS) is 18.3. The fourth-order valence-corrected chi connectivity index (χ4v) is 8.59. The number of nitriles is 1. The van der Waals surface area contributed by atoms with Crippen molar-refractivity contribution in [2.45, 2.75) is 57.3 Å². The fourth-order valence-electron chi connectivity index (χ4n) is 8.59. The molecule has 0 radical (unpaired) electrons. The number of imidazole rings is 2. The minimum absolute atomic E-state index is 0.199. The second kappa shape index (κ2) is 17.6. The van der Waals surface area contributed by atoms with Gasteiger partial charge in [-0.1, -0.05) is 92.7 Å². The molecule has 0 unspecified atom stereocenters. The Bertz CT molecular complexity index is 2650. The summed E-state index contributed by atoms with van der Waals surface area (Å²) in [6.07, 6.45) is 3.50. The summed E-state index contributed by atoms with van der Waals surface area (Å²) < 4.78 is 4.83. The third kappa shape index (κ3) is 8.44. The van der Waals surface area contributed by atoms with Crippen LogP contribution in [0.1, 0.15) is 68.4 Å². The number of alkyl carbamates (subject to hydrolysis) is 1. The topological polar surface area (TPSA) is 209 Å². The number of methoxy groups -OCH3 is 1. The van der Waals surface area contributed by atoms with Crippen molar-refractivity contribution in [2.24, 2.45) is 11.8 Å². The van der Waals surface area contributed by atoms with E-state index in [1.807, 2.05) is 48.5 Å². The monoisotopic (exact) mass is 833 g/mol. The van der Waals surface area contributed by atoms with Crippen molar-refractivity contribution < 1.29 is 29.0 Å². The molecule has 4 heterocycles. The van der Waals surface area contributed by atoms with E-state index in [9.17, 15) is 29.5 Å². The van der Waals surface area contributed by atoms with Gasteiger partial charge in [0.2, 0.25) is 5.91 Å². The van der Waals surface area contributed by atoms with Crippen LogP contribution in [0.3, 0.4) is 0 Å². The maximum atomic E-state index is 13.9. The second-order valence-corrected chi connectivity index (χ2v) is 16.1. The fraction of sp³-hybridized carbons (Fsp3) is 0.298. The van der Waals surface area contributed by atoms with Gasteiger partial charge >= 0.3 is 12.2 Å². The minimum Gasteiger partial charge on any atom is -0.465 e. The van der Waals surface area contributed by atoms with Crippen molar-refractivity contribution in [3.05, 3.63) is 121 Å². The first-order valence-corrected chi connectivity index (χ1v) is 20.7. The Kier molecular flexibility index (Phi) is 11.7. The van der Waals surface area contributed by atoms with Crippen molar-refractivity contribution in [1.82, 2.24) is 40.4 Å². The maximum absolute atomic E-state index is 13.9. The lowest BCUT2D eigenvalue weighted by Crippen LogP contribution is -2.50. The Hall–Kier alpha value is -7.47. The largest absolute Gasteiger partial charge is 0.465 e. The van der Waals surface area contributed by atoms with Crippen LogP contribution in [-0.2, 0) is 14.3 Å². The Balaban J connectivity index is 0.956. The van der Waals surface area contributed by atoms with Crippen LogP contribution >= 0.6 is 0 Å². The van der Waals surface area contributed by atoms with Gasteiger partial charge in [-0.15, -0.1) is 0 Å². The maximum Gasteiger partial charge on any atom is 0.407 e. The van der Waals surface area contributed by atoms with Gasteiger partial charge in [-0.25, -0.2) is 19.6 Å². The number of nitrogens with zero attached hydrogens (tertiary/aromatic N) is 5. The number of likely N-dealkylation sites (tertiary alicyclic amines) is 2. The van der Waals surface area contributed by atoms with Crippen LogP contribution in [0.15, 0.2) is 103 Å². The van der Waals surface area contributed by atoms with E-state index < -0.39 is 36.2 Å². The molecule has 4 amide bonds. The van der Waals surface area contributed by atoms with Gasteiger partial charge < -0.3 is 40.2 Å². The van der Waals surface area contributed by atoms with Crippen LogP contribution in [0.5, 0.6) is 0 Å². The molecule has 4 aromatic carbocycles. The van der Waals surface area contributed by atoms with E-state index in [-0.39, 0.29) is 30.3 Å². The van der Waals surface area contributed by atoms with Crippen molar-refractivity contribution in [3.63, 3.8) is 0 Å². The molecule has 15 heteroatoms. The summed E-state index contributed by atoms with van der Waals surface area (Å²) >= 11 is 0. The molecule has 5 N–H and O–H groups in total. The highest BCUT2D eigenvalue weighted by atomic mass is 16.5. The van der Waals surface area contributed by atoms with E-state index in [0.717, 1.165) is 57.3 Å². The molecule has 0 saturated carbocycles. The number of hydrogen-bond donors (Lipinski definition) is 5. The van der Waals surface area contributed by atoms with Gasteiger partial charge in [-0.3, -0.25) is 9.59 Å². The van der Waals surface area contributed by atoms with E-state index >= 15 is 0 Å². The number of ether oxygens (including phenoxy) is 1. The molecule has 5 atom stereocenters. The third-order valence-corrected chi connectivity index (χ3v) is 11.8. The van der Waals surface area contributed by atoms with Crippen molar-refractivity contribution in [2.75, 3.05) is 20.2 Å². The SMILES string of the molecule is COC(=O)N[C@@H](C(=O)N1CCC[C@H]1c1ncc(-c2ccc(-c3ccc4cc(-c5cnc([C@@H]6C[C@H](C#N)CN6C(=O)[C@@H](NC(=O)O)C(C)C)[nH]5)ccc4c3)cc2)[nH]1)c1ccccc1. The zero-order chi connectivity index (χ0) is 43.5. The van der Waals surface area contributed by atoms with Crippen molar-refractivity contribution in [3.8, 4) is 39.7 Å². The molecule has 62 heavy (non-hydrogen) atoms. The molecule has 2 fully saturated rings. The Labute approximate surface area is 358 Å². The number of H-pyrrole nitrogens is 2. The number of fused-ring (bicyclic) bond motifs is 1. The van der Waals surface area contributed by atoms with Crippen LogP contribution < -0.4 is 10.6 Å². The summed E-state index contributed by atoms with van der Waals surface area (Å²) in [6.45, 7) is 4.30. The van der Waals surface area contributed by atoms with Gasteiger partial charge in [0, 0.05) is 18.7 Å². The first-order chi connectivity index (χ1) is 30.0. The molecule has 2 aromatic heterocycles. The first kappa shape index (κ1) is 41.3. The number of aromatic amines is 2. The summed E-state index contributed by atoms with van der Waals surface area (Å²) in [4.78, 5) is 70.7. The van der Waals surface area contributed by atoms with E-state index in [2.05, 4.69) is 74.1 Å². The van der Waals surface area contributed by atoms with Gasteiger partial charge in [0.05, 0.1) is 55.0 Å². The van der Waals surface area contributed by atoms with E-state index in [0.29, 0.717) is 30.2 Å². The number of aromatic nitrogens is 4. The highest BCUT2D eigenvalue weighted by Gasteiger charge is 2.42. The highest BCUT2D eigenvalue weighted by Crippen LogP contribution is 2.37. The van der Waals surface area contributed by atoms with Gasteiger partial charge in [0.25, 0.3) is 5.91 Å². The number of carbonyl (C=O) groups is 4. The quantitative estimate of drug-likeness (QED) is 0.0863. The third-order valence-electron chi connectivity index (χ3n) is 11.8. The van der Waals surface area contributed by atoms with Gasteiger partial charge in [-0.2, -0.15) is 5.26 Å². The number of carbonyl (C=O) groups excluding carboxylic acids is 3. The van der Waals surface area contributed by atoms with Crippen LogP contribution in [0.4, 0.5) is 9.59 Å². The first-order valence-electron chi connectivity index (χ1n) is 20.7. The zero-order valence-electron chi connectivity index (χ0n) is 34.5.